The van der Waals surface area contributed by atoms with Crippen LogP contribution < -0.4 is 37.1 Å². The Bertz CT molecular complexity index is 2640. The molecule has 20 heteroatoms. The predicted molar refractivity (Wildman–Crippen MR) is 241 cm³/mol. The van der Waals surface area contributed by atoms with Gasteiger partial charge in [0.05, 0.1) is 13.2 Å². The second kappa shape index (κ2) is 19.5. The van der Waals surface area contributed by atoms with Crippen molar-refractivity contribution in [3.63, 3.8) is 0 Å². The van der Waals surface area contributed by atoms with Crippen LogP contribution in [0.3, 0.4) is 0 Å². The van der Waals surface area contributed by atoms with E-state index < -0.39 is 29.2 Å². The van der Waals surface area contributed by atoms with Gasteiger partial charge in [-0.15, -0.1) is 0 Å². The Hall–Kier alpha value is -6.48. The number of nitrogens with zero attached hydrogens (tertiary/aromatic N) is 9. The summed E-state index contributed by atoms with van der Waals surface area (Å²) in [6.07, 6.45) is 3.51. The number of amides is 2. The average Bonchev–Trinajstić information content (AvgIpc) is 4.00. The number of aromatic nitrogens is 6. The molecule has 0 radical (unpaired) electrons. The molecule has 3 aliphatic heterocycles. The summed E-state index contributed by atoms with van der Waals surface area (Å²) in [7, 11) is 3.19. The fourth-order valence-electron chi connectivity index (χ4n) is 8.50. The lowest BCUT2D eigenvalue weighted by molar-refractivity contribution is -0.124. The summed E-state index contributed by atoms with van der Waals surface area (Å²) >= 11 is 0. The number of H-pyrrole nitrogens is 1. The van der Waals surface area contributed by atoms with Crippen LogP contribution in [0.5, 0.6) is 6.01 Å². The maximum absolute atomic E-state index is 13.9. The van der Waals surface area contributed by atoms with Gasteiger partial charge in [-0.1, -0.05) is 37.3 Å². The van der Waals surface area contributed by atoms with Crippen molar-refractivity contribution in [1.29, 1.82) is 0 Å². The van der Waals surface area contributed by atoms with Crippen LogP contribution in [0.15, 0.2) is 52.1 Å². The molecule has 20 nitrogen and oxygen atoms in total. The van der Waals surface area contributed by atoms with Crippen LogP contribution in [-0.4, -0.2) is 127 Å². The van der Waals surface area contributed by atoms with Crippen LogP contribution in [0, 0.1) is 0 Å². The number of carbonyl (C=O) groups excluding carboxylic acids is 2. The lowest BCUT2D eigenvalue weighted by Gasteiger charge is -2.34. The highest BCUT2D eigenvalue weighted by atomic mass is 16.5. The van der Waals surface area contributed by atoms with Crippen molar-refractivity contribution in [2.24, 2.45) is 0 Å². The quantitative estimate of drug-likeness (QED) is 0.0666. The molecule has 0 spiro atoms. The molecule has 0 bridgehead atoms. The molecule has 2 amide bonds. The second-order valence-corrected chi connectivity index (χ2v) is 16.5. The van der Waals surface area contributed by atoms with Crippen molar-refractivity contribution >= 4 is 51.8 Å². The molecule has 2 fully saturated rings. The highest BCUT2D eigenvalue weighted by molar-refractivity contribution is 6.04. The van der Waals surface area contributed by atoms with Gasteiger partial charge in [-0.05, 0) is 92.7 Å². The van der Waals surface area contributed by atoms with Gasteiger partial charge in [0.1, 0.15) is 17.8 Å². The third-order valence-electron chi connectivity index (χ3n) is 11.6. The van der Waals surface area contributed by atoms with Crippen LogP contribution in [0.1, 0.15) is 71.9 Å². The number of benzene rings is 2. The van der Waals surface area contributed by atoms with E-state index in [1.807, 2.05) is 43.3 Å². The van der Waals surface area contributed by atoms with Crippen molar-refractivity contribution < 1.29 is 24.2 Å². The number of aliphatic hydroxyl groups is 1. The first-order chi connectivity index (χ1) is 31.0. The molecule has 0 saturated carbocycles. The monoisotopic (exact) mass is 877 g/mol. The van der Waals surface area contributed by atoms with Gasteiger partial charge in [-0.3, -0.25) is 33.5 Å². The summed E-state index contributed by atoms with van der Waals surface area (Å²) in [5.74, 6) is -1.13. The molecule has 64 heavy (non-hydrogen) atoms. The number of rotatable bonds is 17. The van der Waals surface area contributed by atoms with E-state index in [1.165, 1.54) is 21.5 Å². The number of nitrogen functional groups attached to an aromatic ring is 1. The van der Waals surface area contributed by atoms with E-state index in [-0.39, 0.29) is 72.4 Å². The van der Waals surface area contributed by atoms with Crippen LogP contribution in [0.4, 0.5) is 28.8 Å². The molecule has 1 atom stereocenters. The number of methoxy groups -OCH3 is 1. The Balaban J connectivity index is 1.21. The highest BCUT2D eigenvalue weighted by Crippen LogP contribution is 2.37. The molecule has 338 valence electrons. The van der Waals surface area contributed by atoms with Crippen LogP contribution in [0.25, 0.3) is 11.2 Å². The predicted octanol–water partition coefficient (Wildman–Crippen LogP) is 2.62. The van der Waals surface area contributed by atoms with Gasteiger partial charge in [0, 0.05) is 46.0 Å². The number of nitrogens with one attached hydrogen (secondary N) is 3. The van der Waals surface area contributed by atoms with Crippen molar-refractivity contribution in [1.82, 2.24) is 44.2 Å². The summed E-state index contributed by atoms with van der Waals surface area (Å²) in [4.78, 5) is 82.7. The number of aliphatic hydroxyl groups excluding tert-OH is 1. The standard InChI is InChI=1S/C44H55N13O7/c1-4-12-53(2)41(60)36-50-35(33-38(51-36)56(43(62)40(59)48-33)25-28-11-9-10-27(19-28)23-54-13-5-6-14-54)46-31-21-29(24-55-15-7-8-16-55)20-30(22-31)26-57-37-32(47-39(58)42(57)61)34(45)49-44(52-37)64-18-17-63-3/h9-11,19-22,42,61H,4-8,12-18,23-26H2,1-3H3,(H,47,58)(H,48,59)(H2,45,49,52)(H,46,50,51). The minimum absolute atomic E-state index is 0.0126. The van der Waals surface area contributed by atoms with Crippen LogP contribution >= 0.6 is 0 Å². The van der Waals surface area contributed by atoms with Gasteiger partial charge in [0.25, 0.3) is 11.8 Å². The number of aromatic amines is 1. The summed E-state index contributed by atoms with van der Waals surface area (Å²) in [5.41, 5.74) is 8.88. The number of fused-ring (bicyclic) bond motifs is 2. The average molecular weight is 878 g/mol. The molecule has 0 aliphatic carbocycles. The Morgan fingerprint density at radius 3 is 2.23 bits per heavy atom. The topological polar surface area (TPSA) is 242 Å². The molecule has 2 aromatic carbocycles. The normalized spacial score (nSPS) is 16.6. The fourth-order valence-corrected chi connectivity index (χ4v) is 8.50. The van der Waals surface area contributed by atoms with Gasteiger partial charge in [-0.25, -0.2) is 9.97 Å². The molecular weight excluding hydrogens is 823 g/mol. The minimum Gasteiger partial charge on any atom is -0.461 e. The SMILES string of the molecule is CCCN(C)C(=O)c1nc(Nc2cc(CN3CCCC3)cc(CN3c4nc(OCCOC)nc(N)c4NC(=O)C3O)c2)c2[nH]c(=O)c(=O)n(Cc3cccc(CN4CCCC4)c3)c2n1. The zero-order chi connectivity index (χ0) is 44.9. The smallest absolute Gasteiger partial charge is 0.320 e. The zero-order valence-corrected chi connectivity index (χ0v) is 36.4. The molecule has 2 saturated heterocycles. The molecule has 5 aromatic rings. The van der Waals surface area contributed by atoms with Crippen LogP contribution in [0.2, 0.25) is 0 Å². The van der Waals surface area contributed by atoms with Crippen molar-refractivity contribution in [2.75, 3.05) is 81.4 Å². The Labute approximate surface area is 369 Å². The van der Waals surface area contributed by atoms with E-state index in [9.17, 15) is 24.3 Å². The maximum Gasteiger partial charge on any atom is 0.320 e. The number of carbonyl (C=O) groups is 2. The van der Waals surface area contributed by atoms with Crippen LogP contribution in [-0.2, 0) is 35.7 Å². The molecule has 8 rings (SSSR count). The summed E-state index contributed by atoms with van der Waals surface area (Å²) in [6, 6.07) is 13.6. The lowest BCUT2D eigenvalue weighted by Crippen LogP contribution is -2.48. The van der Waals surface area contributed by atoms with Gasteiger partial charge >= 0.3 is 17.1 Å². The maximum atomic E-state index is 13.9. The van der Waals surface area contributed by atoms with E-state index in [2.05, 4.69) is 46.4 Å². The second-order valence-electron chi connectivity index (χ2n) is 16.5. The third-order valence-corrected chi connectivity index (χ3v) is 11.6. The van der Waals surface area contributed by atoms with E-state index >= 15 is 0 Å². The fraction of sp³-hybridized carbons (Fsp3) is 0.455. The zero-order valence-electron chi connectivity index (χ0n) is 36.4. The van der Waals surface area contributed by atoms with Crippen molar-refractivity contribution in [2.45, 2.75) is 71.4 Å². The first-order valence-electron chi connectivity index (χ1n) is 21.8. The van der Waals surface area contributed by atoms with E-state index in [0.29, 0.717) is 30.8 Å². The van der Waals surface area contributed by atoms with Crippen molar-refractivity contribution in [3.05, 3.63) is 91.3 Å². The summed E-state index contributed by atoms with van der Waals surface area (Å²) < 4.78 is 12.0. The molecule has 3 aromatic heterocycles. The summed E-state index contributed by atoms with van der Waals surface area (Å²) in [6.45, 7) is 8.09. The number of hydrogen-bond acceptors (Lipinski definition) is 16. The minimum atomic E-state index is -1.64. The molecule has 3 aliphatic rings. The van der Waals surface area contributed by atoms with Crippen molar-refractivity contribution in [3.8, 4) is 6.01 Å². The number of anilines is 5. The molecular formula is C44H55N13O7. The number of hydrogen-bond donors (Lipinski definition) is 5. The molecule has 6 heterocycles. The number of ether oxygens (including phenoxy) is 2. The Morgan fingerprint density at radius 1 is 0.891 bits per heavy atom. The Morgan fingerprint density at radius 2 is 1.55 bits per heavy atom. The third kappa shape index (κ3) is 9.84. The first kappa shape index (κ1) is 44.1. The highest BCUT2D eigenvalue weighted by Gasteiger charge is 2.35. The van der Waals surface area contributed by atoms with Gasteiger partial charge in [0.15, 0.2) is 23.1 Å². The van der Waals surface area contributed by atoms with E-state index in [0.717, 1.165) is 75.1 Å². The van der Waals surface area contributed by atoms with E-state index in [4.69, 9.17) is 20.2 Å². The van der Waals surface area contributed by atoms with Gasteiger partial charge in [-0.2, -0.15) is 9.97 Å². The molecule has 6 N–H and O–H groups in total. The number of nitrogens with two attached hydrogens (primary N) is 1. The molecule has 1 unspecified atom stereocenters. The van der Waals surface area contributed by atoms with Gasteiger partial charge < -0.3 is 45.7 Å². The first-order valence-corrected chi connectivity index (χ1v) is 21.8. The lowest BCUT2D eigenvalue weighted by atomic mass is 10.1. The Kier molecular flexibility index (Phi) is 13.4. The van der Waals surface area contributed by atoms with E-state index in [1.54, 1.807) is 7.05 Å². The van der Waals surface area contributed by atoms with Gasteiger partial charge in [0.2, 0.25) is 12.1 Å². The number of likely N-dealkylation sites (tertiary alicyclic amines) is 2. The summed E-state index contributed by atoms with van der Waals surface area (Å²) in [5, 5.41) is 17.3. The largest absolute Gasteiger partial charge is 0.461 e.